The van der Waals surface area contributed by atoms with Crippen LogP contribution in [0.5, 0.6) is 0 Å². The van der Waals surface area contributed by atoms with Crippen molar-refractivity contribution in [2.45, 2.75) is 33.1 Å². The SMILES string of the molecule is CC(C)n1cc2c(n1)COC2. The Labute approximate surface area is 66.0 Å². The van der Waals surface area contributed by atoms with Crippen LogP contribution in [0.15, 0.2) is 6.20 Å². The van der Waals surface area contributed by atoms with E-state index in [-0.39, 0.29) is 0 Å². The molecule has 0 saturated carbocycles. The van der Waals surface area contributed by atoms with E-state index in [9.17, 15) is 0 Å². The maximum Gasteiger partial charge on any atom is 0.0937 e. The molecule has 3 heteroatoms. The van der Waals surface area contributed by atoms with Crippen molar-refractivity contribution in [3.8, 4) is 0 Å². The third kappa shape index (κ3) is 1.05. The molecule has 0 saturated heterocycles. The number of aromatic nitrogens is 2. The van der Waals surface area contributed by atoms with Gasteiger partial charge in [0, 0.05) is 17.8 Å². The van der Waals surface area contributed by atoms with Crippen molar-refractivity contribution < 1.29 is 4.74 Å². The number of nitrogens with zero attached hydrogens (tertiary/aromatic N) is 2. The summed E-state index contributed by atoms with van der Waals surface area (Å²) in [6.07, 6.45) is 2.08. The van der Waals surface area contributed by atoms with E-state index in [1.54, 1.807) is 0 Å². The minimum atomic E-state index is 0.459. The Morgan fingerprint density at radius 2 is 2.36 bits per heavy atom. The van der Waals surface area contributed by atoms with Gasteiger partial charge in [0.1, 0.15) is 0 Å². The van der Waals surface area contributed by atoms with Crippen molar-refractivity contribution in [1.29, 1.82) is 0 Å². The number of rotatable bonds is 1. The Morgan fingerprint density at radius 3 is 3.00 bits per heavy atom. The van der Waals surface area contributed by atoms with Crippen molar-refractivity contribution >= 4 is 0 Å². The van der Waals surface area contributed by atoms with Crippen molar-refractivity contribution in [1.82, 2.24) is 9.78 Å². The largest absolute Gasteiger partial charge is 0.370 e. The van der Waals surface area contributed by atoms with Crippen LogP contribution in [0.25, 0.3) is 0 Å². The predicted molar refractivity (Wildman–Crippen MR) is 41.1 cm³/mol. The van der Waals surface area contributed by atoms with Gasteiger partial charge < -0.3 is 4.74 Å². The summed E-state index contributed by atoms with van der Waals surface area (Å²) in [5.74, 6) is 0. The summed E-state index contributed by atoms with van der Waals surface area (Å²) in [4.78, 5) is 0. The van der Waals surface area contributed by atoms with Gasteiger partial charge >= 0.3 is 0 Å². The Kier molecular flexibility index (Phi) is 1.46. The molecule has 0 unspecified atom stereocenters. The average molecular weight is 152 g/mol. The zero-order valence-electron chi connectivity index (χ0n) is 6.87. The molecule has 0 bridgehead atoms. The van der Waals surface area contributed by atoms with Crippen LogP contribution in [0.1, 0.15) is 31.1 Å². The van der Waals surface area contributed by atoms with Gasteiger partial charge in [-0.15, -0.1) is 0 Å². The van der Waals surface area contributed by atoms with Crippen LogP contribution in [0.3, 0.4) is 0 Å². The van der Waals surface area contributed by atoms with Gasteiger partial charge in [-0.3, -0.25) is 4.68 Å². The summed E-state index contributed by atoms with van der Waals surface area (Å²) in [5, 5.41) is 4.38. The quantitative estimate of drug-likeness (QED) is 0.609. The second-order valence-electron chi connectivity index (χ2n) is 3.17. The molecule has 1 aromatic heterocycles. The van der Waals surface area contributed by atoms with Crippen LogP contribution < -0.4 is 0 Å². The molecule has 1 aliphatic heterocycles. The van der Waals surface area contributed by atoms with E-state index < -0.39 is 0 Å². The molecule has 0 aromatic carbocycles. The molecular weight excluding hydrogens is 140 g/mol. The lowest BCUT2D eigenvalue weighted by atomic mass is 10.3. The fourth-order valence-electron chi connectivity index (χ4n) is 1.23. The van der Waals surface area contributed by atoms with Gasteiger partial charge in [0.05, 0.1) is 18.9 Å². The first-order valence-electron chi connectivity index (χ1n) is 3.92. The summed E-state index contributed by atoms with van der Waals surface area (Å²) in [6.45, 7) is 5.68. The third-order valence-electron chi connectivity index (χ3n) is 1.92. The number of hydrogen-bond donors (Lipinski definition) is 0. The minimum absolute atomic E-state index is 0.459. The van der Waals surface area contributed by atoms with Gasteiger partial charge in [-0.2, -0.15) is 5.10 Å². The third-order valence-corrected chi connectivity index (χ3v) is 1.92. The minimum Gasteiger partial charge on any atom is -0.370 e. The van der Waals surface area contributed by atoms with Crippen molar-refractivity contribution in [3.05, 3.63) is 17.5 Å². The molecule has 0 N–H and O–H groups in total. The van der Waals surface area contributed by atoms with E-state index in [0.29, 0.717) is 12.6 Å². The van der Waals surface area contributed by atoms with Gasteiger partial charge in [0.25, 0.3) is 0 Å². The number of hydrogen-bond acceptors (Lipinski definition) is 2. The van der Waals surface area contributed by atoms with Crippen molar-refractivity contribution in [3.63, 3.8) is 0 Å². The van der Waals surface area contributed by atoms with Crippen LogP contribution in [0.2, 0.25) is 0 Å². The molecule has 0 spiro atoms. The number of fused-ring (bicyclic) bond motifs is 1. The van der Waals surface area contributed by atoms with Gasteiger partial charge in [0.2, 0.25) is 0 Å². The van der Waals surface area contributed by atoms with Crippen molar-refractivity contribution in [2.75, 3.05) is 0 Å². The molecule has 60 valence electrons. The average Bonchev–Trinajstić information content (AvgIpc) is 2.40. The Morgan fingerprint density at radius 1 is 1.55 bits per heavy atom. The topological polar surface area (TPSA) is 27.1 Å². The van der Waals surface area contributed by atoms with Crippen molar-refractivity contribution in [2.24, 2.45) is 0 Å². The molecule has 2 rings (SSSR count). The molecule has 0 atom stereocenters. The van der Waals surface area contributed by atoms with Crippen LogP contribution in [-0.2, 0) is 18.0 Å². The van der Waals surface area contributed by atoms with Crippen LogP contribution in [0.4, 0.5) is 0 Å². The summed E-state index contributed by atoms with van der Waals surface area (Å²) < 4.78 is 7.21. The van der Waals surface area contributed by atoms with Gasteiger partial charge in [-0.05, 0) is 13.8 Å². The molecule has 3 nitrogen and oxygen atoms in total. The van der Waals surface area contributed by atoms with E-state index in [1.165, 1.54) is 5.56 Å². The molecule has 0 fully saturated rings. The molecule has 0 radical (unpaired) electrons. The molecule has 2 heterocycles. The molecule has 0 aliphatic carbocycles. The first kappa shape index (κ1) is 6.85. The monoisotopic (exact) mass is 152 g/mol. The van der Waals surface area contributed by atoms with Crippen LogP contribution in [-0.4, -0.2) is 9.78 Å². The summed E-state index contributed by atoms with van der Waals surface area (Å²) in [7, 11) is 0. The highest BCUT2D eigenvalue weighted by molar-refractivity contribution is 5.18. The summed E-state index contributed by atoms with van der Waals surface area (Å²) >= 11 is 0. The molecular formula is C8H12N2O. The smallest absolute Gasteiger partial charge is 0.0937 e. The fourth-order valence-corrected chi connectivity index (χ4v) is 1.23. The van der Waals surface area contributed by atoms with E-state index in [2.05, 4.69) is 25.1 Å². The summed E-state index contributed by atoms with van der Waals surface area (Å²) in [6, 6.07) is 0.459. The molecule has 1 aliphatic rings. The van der Waals surface area contributed by atoms with E-state index in [1.807, 2.05) is 4.68 Å². The Balaban J connectivity index is 2.34. The first-order chi connectivity index (χ1) is 5.27. The highest BCUT2D eigenvalue weighted by atomic mass is 16.5. The highest BCUT2D eigenvalue weighted by Gasteiger charge is 2.15. The van der Waals surface area contributed by atoms with Gasteiger partial charge in [0.15, 0.2) is 0 Å². The molecule has 0 amide bonds. The van der Waals surface area contributed by atoms with Crippen LogP contribution >= 0.6 is 0 Å². The standard InChI is InChI=1S/C8H12N2O/c1-6(2)10-3-7-4-11-5-8(7)9-10/h3,6H,4-5H2,1-2H3. The number of ether oxygens (including phenoxy) is 1. The lowest BCUT2D eigenvalue weighted by molar-refractivity contribution is 0.130. The van der Waals surface area contributed by atoms with Crippen LogP contribution in [0, 0.1) is 0 Å². The second-order valence-corrected chi connectivity index (χ2v) is 3.17. The first-order valence-corrected chi connectivity index (χ1v) is 3.92. The lowest BCUT2D eigenvalue weighted by Crippen LogP contribution is -2.02. The lowest BCUT2D eigenvalue weighted by Gasteiger charge is -2.03. The predicted octanol–water partition coefficient (Wildman–Crippen LogP) is 1.49. The van der Waals surface area contributed by atoms with Gasteiger partial charge in [-0.1, -0.05) is 0 Å². The normalized spacial score (nSPS) is 15.9. The highest BCUT2D eigenvalue weighted by Crippen LogP contribution is 2.19. The summed E-state index contributed by atoms with van der Waals surface area (Å²) in [5.41, 5.74) is 2.36. The second kappa shape index (κ2) is 2.34. The molecule has 1 aromatic rings. The maximum atomic E-state index is 5.21. The Bertz CT molecular complexity index is 244. The molecule has 11 heavy (non-hydrogen) atoms. The zero-order chi connectivity index (χ0) is 7.84. The van der Waals surface area contributed by atoms with E-state index in [0.717, 1.165) is 12.3 Å². The Hall–Kier alpha value is -0.830. The maximum absolute atomic E-state index is 5.21. The zero-order valence-corrected chi connectivity index (χ0v) is 6.87. The van der Waals surface area contributed by atoms with E-state index in [4.69, 9.17) is 4.74 Å². The fraction of sp³-hybridized carbons (Fsp3) is 0.625. The van der Waals surface area contributed by atoms with Gasteiger partial charge in [-0.25, -0.2) is 0 Å². The van der Waals surface area contributed by atoms with E-state index >= 15 is 0 Å².